The zero-order chi connectivity index (χ0) is 15.0. The van der Waals surface area contributed by atoms with Crippen molar-refractivity contribution in [2.24, 2.45) is 5.92 Å². The van der Waals surface area contributed by atoms with Crippen molar-refractivity contribution < 1.29 is 34.8 Å². The van der Waals surface area contributed by atoms with Crippen molar-refractivity contribution in [3.63, 3.8) is 0 Å². The predicted molar refractivity (Wildman–Crippen MR) is 65.1 cm³/mol. The Kier molecular flexibility index (Phi) is 8.17. The van der Waals surface area contributed by atoms with Crippen LogP contribution in [-0.4, -0.2) is 63.7 Å². The van der Waals surface area contributed by atoms with Gasteiger partial charge in [0, 0.05) is 12.0 Å². The molecule has 110 valence electrons. The van der Waals surface area contributed by atoms with Crippen LogP contribution in [0.5, 0.6) is 0 Å². The van der Waals surface area contributed by atoms with Gasteiger partial charge in [-0.2, -0.15) is 0 Å². The van der Waals surface area contributed by atoms with Gasteiger partial charge in [0.2, 0.25) is 0 Å². The quantitative estimate of drug-likeness (QED) is 0.310. The smallest absolute Gasteiger partial charge is 0.330 e. The molecule has 0 amide bonds. The van der Waals surface area contributed by atoms with Gasteiger partial charge in [-0.15, -0.1) is 0 Å². The second-order valence-electron chi connectivity index (χ2n) is 4.28. The average Bonchev–Trinajstić information content (AvgIpc) is 2.39. The SMILES string of the molecule is CC(=O)/C=C/C(=O)OC[C@@H](C)[C@@H](O)[C@H](O)[C@H](O)CO. The maximum absolute atomic E-state index is 11.1. The molecule has 0 aromatic carbocycles. The van der Waals surface area contributed by atoms with Gasteiger partial charge in [0.1, 0.15) is 12.2 Å². The fraction of sp³-hybridized carbons (Fsp3) is 0.667. The summed E-state index contributed by atoms with van der Waals surface area (Å²) in [5.74, 6) is -1.69. The summed E-state index contributed by atoms with van der Waals surface area (Å²) in [5.41, 5.74) is 0. The molecule has 0 heterocycles. The number of ether oxygens (including phenoxy) is 1. The number of ketones is 1. The lowest BCUT2D eigenvalue weighted by atomic mass is 9.97. The van der Waals surface area contributed by atoms with E-state index in [2.05, 4.69) is 0 Å². The van der Waals surface area contributed by atoms with E-state index in [1.807, 2.05) is 0 Å². The first kappa shape index (κ1) is 17.7. The molecule has 0 saturated heterocycles. The molecule has 0 aliphatic heterocycles. The summed E-state index contributed by atoms with van der Waals surface area (Å²) in [6, 6.07) is 0. The van der Waals surface area contributed by atoms with Gasteiger partial charge in [0.25, 0.3) is 0 Å². The zero-order valence-electron chi connectivity index (χ0n) is 10.9. The summed E-state index contributed by atoms with van der Waals surface area (Å²) in [6.07, 6.45) is -2.35. The number of allylic oxidation sites excluding steroid dienone is 1. The van der Waals surface area contributed by atoms with Crippen molar-refractivity contribution in [3.8, 4) is 0 Å². The number of hydrogen-bond acceptors (Lipinski definition) is 7. The molecule has 0 radical (unpaired) electrons. The second-order valence-corrected chi connectivity index (χ2v) is 4.28. The summed E-state index contributed by atoms with van der Waals surface area (Å²) in [4.78, 5) is 21.7. The van der Waals surface area contributed by atoms with Gasteiger partial charge in [-0.05, 0) is 13.0 Å². The van der Waals surface area contributed by atoms with E-state index in [4.69, 9.17) is 14.9 Å². The third kappa shape index (κ3) is 7.02. The van der Waals surface area contributed by atoms with Crippen molar-refractivity contribution in [3.05, 3.63) is 12.2 Å². The van der Waals surface area contributed by atoms with Gasteiger partial charge < -0.3 is 25.2 Å². The van der Waals surface area contributed by atoms with Crippen molar-refractivity contribution >= 4 is 11.8 Å². The van der Waals surface area contributed by atoms with E-state index in [0.717, 1.165) is 12.2 Å². The molecule has 0 bridgehead atoms. The van der Waals surface area contributed by atoms with E-state index in [9.17, 15) is 19.8 Å². The molecular formula is C12H20O7. The third-order valence-electron chi connectivity index (χ3n) is 2.46. The minimum absolute atomic E-state index is 0.197. The number of aliphatic hydroxyl groups is 4. The number of aliphatic hydroxyl groups excluding tert-OH is 4. The van der Waals surface area contributed by atoms with Crippen LogP contribution in [0.4, 0.5) is 0 Å². The molecule has 0 aromatic rings. The molecule has 0 unspecified atom stereocenters. The van der Waals surface area contributed by atoms with Gasteiger partial charge in [-0.1, -0.05) is 6.92 Å². The maximum Gasteiger partial charge on any atom is 0.330 e. The van der Waals surface area contributed by atoms with Crippen molar-refractivity contribution in [2.45, 2.75) is 32.2 Å². The normalized spacial score (nSPS) is 17.8. The summed E-state index contributed by atoms with van der Waals surface area (Å²) in [6.45, 7) is 1.90. The van der Waals surface area contributed by atoms with Crippen LogP contribution >= 0.6 is 0 Å². The van der Waals surface area contributed by atoms with Crippen molar-refractivity contribution in [2.75, 3.05) is 13.2 Å². The molecule has 19 heavy (non-hydrogen) atoms. The minimum atomic E-state index is -1.54. The Labute approximate surface area is 111 Å². The fourth-order valence-electron chi connectivity index (χ4n) is 1.22. The van der Waals surface area contributed by atoms with Crippen molar-refractivity contribution in [1.29, 1.82) is 0 Å². The van der Waals surface area contributed by atoms with Crippen LogP contribution in [0, 0.1) is 5.92 Å². The lowest BCUT2D eigenvalue weighted by Gasteiger charge is -2.26. The lowest BCUT2D eigenvalue weighted by Crippen LogP contribution is -2.44. The Bertz CT molecular complexity index is 326. The minimum Gasteiger partial charge on any atom is -0.462 e. The Morgan fingerprint density at radius 1 is 1.16 bits per heavy atom. The van der Waals surface area contributed by atoms with Crippen LogP contribution < -0.4 is 0 Å². The van der Waals surface area contributed by atoms with Crippen LogP contribution in [-0.2, 0) is 14.3 Å². The molecule has 0 aromatic heterocycles. The van der Waals surface area contributed by atoms with Crippen LogP contribution in [0.3, 0.4) is 0 Å². The van der Waals surface area contributed by atoms with Gasteiger partial charge >= 0.3 is 5.97 Å². The Morgan fingerprint density at radius 3 is 2.21 bits per heavy atom. The maximum atomic E-state index is 11.1. The monoisotopic (exact) mass is 276 g/mol. The Balaban J connectivity index is 4.20. The Hall–Kier alpha value is -1.28. The summed E-state index contributed by atoms with van der Waals surface area (Å²) >= 11 is 0. The lowest BCUT2D eigenvalue weighted by molar-refractivity contribution is -0.143. The highest BCUT2D eigenvalue weighted by Gasteiger charge is 2.29. The summed E-state index contributed by atoms with van der Waals surface area (Å²) < 4.78 is 4.75. The first-order valence-corrected chi connectivity index (χ1v) is 5.80. The molecule has 7 nitrogen and oxygen atoms in total. The number of hydrogen-bond donors (Lipinski definition) is 4. The molecule has 4 atom stereocenters. The average molecular weight is 276 g/mol. The van der Waals surface area contributed by atoms with E-state index in [-0.39, 0.29) is 12.4 Å². The first-order valence-electron chi connectivity index (χ1n) is 5.80. The molecule has 0 aliphatic rings. The largest absolute Gasteiger partial charge is 0.462 e. The standard InChI is InChI=1S/C12H20O7/c1-7(11(17)12(18)9(15)5-13)6-19-10(16)4-3-8(2)14/h3-4,7,9,11-13,15,17-18H,5-6H2,1-2H3/b4-3+/t7-,9-,11-,12-/m1/s1. The fourth-order valence-corrected chi connectivity index (χ4v) is 1.22. The van der Waals surface area contributed by atoms with Gasteiger partial charge in [0.05, 0.1) is 19.3 Å². The molecule has 0 fully saturated rings. The topological polar surface area (TPSA) is 124 Å². The molecule has 0 aliphatic carbocycles. The summed E-state index contributed by atoms with van der Waals surface area (Å²) in [7, 11) is 0. The molecule has 0 rings (SSSR count). The van der Waals surface area contributed by atoms with Crippen LogP contribution in [0.25, 0.3) is 0 Å². The third-order valence-corrected chi connectivity index (χ3v) is 2.46. The number of rotatable bonds is 8. The summed E-state index contributed by atoms with van der Waals surface area (Å²) in [5, 5.41) is 36.9. The van der Waals surface area contributed by atoms with Crippen molar-refractivity contribution in [1.82, 2.24) is 0 Å². The van der Waals surface area contributed by atoms with E-state index in [1.54, 1.807) is 0 Å². The van der Waals surface area contributed by atoms with E-state index in [0.29, 0.717) is 0 Å². The molecular weight excluding hydrogens is 256 g/mol. The van der Waals surface area contributed by atoms with E-state index in [1.165, 1.54) is 13.8 Å². The molecule has 4 N–H and O–H groups in total. The van der Waals surface area contributed by atoms with Gasteiger partial charge in [0.15, 0.2) is 5.78 Å². The van der Waals surface area contributed by atoms with Crippen LogP contribution in [0.1, 0.15) is 13.8 Å². The highest BCUT2D eigenvalue weighted by molar-refractivity contribution is 5.94. The zero-order valence-corrected chi connectivity index (χ0v) is 10.9. The number of carbonyl (C=O) groups excluding carboxylic acids is 2. The molecule has 7 heteroatoms. The Morgan fingerprint density at radius 2 is 1.74 bits per heavy atom. The van der Waals surface area contributed by atoms with E-state index < -0.39 is 36.8 Å². The van der Waals surface area contributed by atoms with Gasteiger partial charge in [-0.3, -0.25) is 4.79 Å². The first-order chi connectivity index (χ1) is 8.79. The number of carbonyl (C=O) groups is 2. The highest BCUT2D eigenvalue weighted by atomic mass is 16.5. The molecule has 0 spiro atoms. The highest BCUT2D eigenvalue weighted by Crippen LogP contribution is 2.11. The second kappa shape index (κ2) is 8.76. The molecule has 0 saturated carbocycles. The predicted octanol–water partition coefficient (Wildman–Crippen LogP) is -1.61. The van der Waals surface area contributed by atoms with Crippen LogP contribution in [0.15, 0.2) is 12.2 Å². The van der Waals surface area contributed by atoms with Crippen LogP contribution in [0.2, 0.25) is 0 Å². The van der Waals surface area contributed by atoms with E-state index >= 15 is 0 Å². The van der Waals surface area contributed by atoms with Gasteiger partial charge in [-0.25, -0.2) is 4.79 Å². The number of esters is 1.